The summed E-state index contributed by atoms with van der Waals surface area (Å²) in [5.41, 5.74) is 5.04. The number of carbonyl (C=O) groups is 1. The predicted octanol–water partition coefficient (Wildman–Crippen LogP) is 1.90. The third kappa shape index (κ3) is 4.22. The van der Waals surface area contributed by atoms with E-state index in [4.69, 9.17) is 15.2 Å². The zero-order chi connectivity index (χ0) is 14.8. The number of anilines is 1. The second-order valence-corrected chi connectivity index (χ2v) is 6.66. The lowest BCUT2D eigenvalue weighted by molar-refractivity contribution is 0.0126. The van der Waals surface area contributed by atoms with Gasteiger partial charge in [0, 0.05) is 25.9 Å². The van der Waals surface area contributed by atoms with E-state index in [1.54, 1.807) is 4.90 Å². The van der Waals surface area contributed by atoms with Crippen molar-refractivity contribution in [3.05, 3.63) is 0 Å². The molecule has 7 nitrogen and oxygen atoms in total. The molecule has 20 heavy (non-hydrogen) atoms. The Hall–Kier alpha value is -1.57. The fourth-order valence-electron chi connectivity index (χ4n) is 1.89. The molecule has 1 aromatic rings. The van der Waals surface area contributed by atoms with Crippen LogP contribution in [-0.4, -0.2) is 46.0 Å². The van der Waals surface area contributed by atoms with Gasteiger partial charge in [0.25, 0.3) is 5.19 Å². The lowest BCUT2D eigenvalue weighted by Gasteiger charge is -2.33. The van der Waals surface area contributed by atoms with Crippen LogP contribution in [0.5, 0.6) is 5.19 Å². The Labute approximate surface area is 122 Å². The number of nitrogens with two attached hydrogens (primary N) is 1. The molecule has 1 fully saturated rings. The highest BCUT2D eigenvalue weighted by atomic mass is 32.1. The van der Waals surface area contributed by atoms with E-state index in [0.717, 1.165) is 12.8 Å². The highest BCUT2D eigenvalue weighted by Gasteiger charge is 2.28. The van der Waals surface area contributed by atoms with Gasteiger partial charge in [-0.15, -0.1) is 5.10 Å². The molecule has 0 radical (unpaired) electrons. The van der Waals surface area contributed by atoms with Crippen LogP contribution in [0.4, 0.5) is 9.93 Å². The normalized spacial score (nSPS) is 17.1. The van der Waals surface area contributed by atoms with E-state index < -0.39 is 5.60 Å². The van der Waals surface area contributed by atoms with Gasteiger partial charge in [-0.3, -0.25) is 0 Å². The SMILES string of the molecule is CC(C)(C)OC(=O)N1CCC(Oc2nnc(N)s2)CC1. The van der Waals surface area contributed by atoms with E-state index in [2.05, 4.69) is 10.2 Å². The maximum atomic E-state index is 11.9. The molecule has 0 unspecified atom stereocenters. The first-order valence-corrected chi connectivity index (χ1v) is 7.39. The highest BCUT2D eigenvalue weighted by Crippen LogP contribution is 2.24. The molecular weight excluding hydrogens is 280 g/mol. The van der Waals surface area contributed by atoms with E-state index in [1.807, 2.05) is 20.8 Å². The second kappa shape index (κ2) is 5.82. The van der Waals surface area contributed by atoms with Gasteiger partial charge in [0.15, 0.2) is 0 Å². The van der Waals surface area contributed by atoms with Crippen molar-refractivity contribution < 1.29 is 14.3 Å². The van der Waals surface area contributed by atoms with E-state index in [9.17, 15) is 4.79 Å². The Balaban J connectivity index is 1.79. The quantitative estimate of drug-likeness (QED) is 0.897. The monoisotopic (exact) mass is 300 g/mol. The Morgan fingerprint density at radius 3 is 2.50 bits per heavy atom. The van der Waals surface area contributed by atoms with Crippen LogP contribution in [0.25, 0.3) is 0 Å². The third-order valence-corrected chi connectivity index (χ3v) is 3.43. The number of hydrogen-bond donors (Lipinski definition) is 1. The minimum Gasteiger partial charge on any atom is -0.465 e. The number of rotatable bonds is 2. The topological polar surface area (TPSA) is 90.6 Å². The van der Waals surface area contributed by atoms with Crippen molar-refractivity contribution >= 4 is 22.6 Å². The van der Waals surface area contributed by atoms with Gasteiger partial charge in [-0.05, 0) is 32.1 Å². The molecule has 2 rings (SSSR count). The van der Waals surface area contributed by atoms with Crippen molar-refractivity contribution in [2.75, 3.05) is 18.8 Å². The molecule has 0 aromatic carbocycles. The van der Waals surface area contributed by atoms with Crippen LogP contribution in [-0.2, 0) is 4.74 Å². The summed E-state index contributed by atoms with van der Waals surface area (Å²) in [6.07, 6.45) is 1.27. The van der Waals surface area contributed by atoms with Gasteiger partial charge in [0.05, 0.1) is 0 Å². The van der Waals surface area contributed by atoms with Crippen molar-refractivity contribution in [3.63, 3.8) is 0 Å². The van der Waals surface area contributed by atoms with E-state index in [1.165, 1.54) is 11.3 Å². The maximum absolute atomic E-state index is 11.9. The van der Waals surface area contributed by atoms with E-state index in [0.29, 0.717) is 23.4 Å². The summed E-state index contributed by atoms with van der Waals surface area (Å²) in [7, 11) is 0. The number of amides is 1. The second-order valence-electron chi connectivity index (χ2n) is 5.69. The number of ether oxygens (including phenoxy) is 2. The number of nitrogens with zero attached hydrogens (tertiary/aromatic N) is 3. The zero-order valence-corrected chi connectivity index (χ0v) is 12.8. The van der Waals surface area contributed by atoms with Crippen LogP contribution in [0.1, 0.15) is 33.6 Å². The van der Waals surface area contributed by atoms with Crippen molar-refractivity contribution in [2.45, 2.75) is 45.3 Å². The van der Waals surface area contributed by atoms with Crippen molar-refractivity contribution in [1.29, 1.82) is 0 Å². The molecule has 0 spiro atoms. The van der Waals surface area contributed by atoms with Crippen LogP contribution in [0.3, 0.4) is 0 Å². The van der Waals surface area contributed by atoms with Crippen LogP contribution in [0.2, 0.25) is 0 Å². The molecule has 8 heteroatoms. The molecule has 0 bridgehead atoms. The fraction of sp³-hybridized carbons (Fsp3) is 0.750. The molecule has 0 atom stereocenters. The van der Waals surface area contributed by atoms with Crippen molar-refractivity contribution in [2.24, 2.45) is 0 Å². The predicted molar refractivity (Wildman–Crippen MR) is 75.8 cm³/mol. The summed E-state index contributed by atoms with van der Waals surface area (Å²) in [5, 5.41) is 8.41. The average Bonchev–Trinajstić information content (AvgIpc) is 2.73. The number of carbonyl (C=O) groups excluding carboxylic acids is 1. The lowest BCUT2D eigenvalue weighted by atomic mass is 10.1. The first-order valence-electron chi connectivity index (χ1n) is 6.57. The number of likely N-dealkylation sites (tertiary alicyclic amines) is 1. The van der Waals surface area contributed by atoms with Crippen molar-refractivity contribution in [3.8, 4) is 5.19 Å². The molecule has 1 saturated heterocycles. The maximum Gasteiger partial charge on any atom is 0.410 e. The molecular formula is C12H20N4O3S. The van der Waals surface area contributed by atoms with Gasteiger partial charge >= 0.3 is 6.09 Å². The molecule has 0 saturated carbocycles. The highest BCUT2D eigenvalue weighted by molar-refractivity contribution is 7.16. The first kappa shape index (κ1) is 14.8. The minimum atomic E-state index is -0.464. The number of hydrogen-bond acceptors (Lipinski definition) is 7. The number of aromatic nitrogens is 2. The first-order chi connectivity index (χ1) is 9.33. The third-order valence-electron chi connectivity index (χ3n) is 2.78. The van der Waals surface area contributed by atoms with Crippen LogP contribution in [0.15, 0.2) is 0 Å². The van der Waals surface area contributed by atoms with E-state index in [-0.39, 0.29) is 12.2 Å². The molecule has 2 N–H and O–H groups in total. The van der Waals surface area contributed by atoms with Gasteiger partial charge in [-0.1, -0.05) is 5.10 Å². The standard InChI is InChI=1S/C12H20N4O3S/c1-12(2,3)19-11(17)16-6-4-8(5-7-16)18-10-15-14-9(13)20-10/h8H,4-7H2,1-3H3,(H2,13,14). The lowest BCUT2D eigenvalue weighted by Crippen LogP contribution is -2.44. The Bertz CT molecular complexity index is 464. The summed E-state index contributed by atoms with van der Waals surface area (Å²) in [5.74, 6) is 0. The average molecular weight is 300 g/mol. The minimum absolute atomic E-state index is 0.0426. The summed E-state index contributed by atoms with van der Waals surface area (Å²) < 4.78 is 11.0. The zero-order valence-electron chi connectivity index (χ0n) is 12.0. The molecule has 1 aliphatic heterocycles. The Kier molecular flexibility index (Phi) is 4.32. The smallest absolute Gasteiger partial charge is 0.410 e. The summed E-state index contributed by atoms with van der Waals surface area (Å²) in [6, 6.07) is 0. The van der Waals surface area contributed by atoms with Gasteiger partial charge in [0.2, 0.25) is 5.13 Å². The van der Waals surface area contributed by atoms with Gasteiger partial charge in [0.1, 0.15) is 11.7 Å². The van der Waals surface area contributed by atoms with Crippen LogP contribution < -0.4 is 10.5 Å². The van der Waals surface area contributed by atoms with Gasteiger partial charge in [-0.2, -0.15) is 0 Å². The molecule has 1 aromatic heterocycles. The van der Waals surface area contributed by atoms with Gasteiger partial charge < -0.3 is 20.1 Å². The fourth-order valence-corrected chi connectivity index (χ4v) is 2.42. The molecule has 2 heterocycles. The van der Waals surface area contributed by atoms with Gasteiger partial charge in [-0.25, -0.2) is 4.79 Å². The summed E-state index contributed by atoms with van der Waals surface area (Å²) in [4.78, 5) is 13.6. The summed E-state index contributed by atoms with van der Waals surface area (Å²) >= 11 is 1.22. The largest absolute Gasteiger partial charge is 0.465 e. The van der Waals surface area contributed by atoms with E-state index >= 15 is 0 Å². The number of piperidine rings is 1. The molecule has 1 amide bonds. The Morgan fingerprint density at radius 2 is 2.00 bits per heavy atom. The summed E-state index contributed by atoms with van der Waals surface area (Å²) in [6.45, 7) is 6.82. The molecule has 1 aliphatic rings. The molecule has 0 aliphatic carbocycles. The molecule has 112 valence electrons. The number of nitrogen functional groups attached to an aromatic ring is 1. The van der Waals surface area contributed by atoms with Crippen LogP contribution in [0, 0.1) is 0 Å². The van der Waals surface area contributed by atoms with Crippen LogP contribution >= 0.6 is 11.3 Å². The van der Waals surface area contributed by atoms with Crippen molar-refractivity contribution in [1.82, 2.24) is 15.1 Å². The Morgan fingerprint density at radius 1 is 1.35 bits per heavy atom.